The van der Waals surface area contributed by atoms with Crippen LogP contribution in [0.1, 0.15) is 29.2 Å². The SMILES string of the molecule is CCOc1cc(/C=C2\N=C(c3ccc(C)cc3)OC2=O)ccc1OC(=O)/C=C/c1ccc(Cl)cc1. The number of hydrogen-bond acceptors (Lipinski definition) is 6. The molecule has 0 unspecified atom stereocenters. The Morgan fingerprint density at radius 3 is 2.43 bits per heavy atom. The van der Waals surface area contributed by atoms with Gasteiger partial charge in [-0.05, 0) is 73.5 Å². The molecule has 4 rings (SSSR count). The molecule has 1 heterocycles. The van der Waals surface area contributed by atoms with E-state index in [0.717, 1.165) is 16.7 Å². The number of hydrogen-bond donors (Lipinski definition) is 0. The van der Waals surface area contributed by atoms with Crippen molar-refractivity contribution in [3.63, 3.8) is 0 Å². The van der Waals surface area contributed by atoms with Gasteiger partial charge in [0.2, 0.25) is 5.90 Å². The number of cyclic esters (lactones) is 1. The third-order valence-corrected chi connectivity index (χ3v) is 5.23. The monoisotopic (exact) mass is 487 g/mol. The molecule has 6 nitrogen and oxygen atoms in total. The first-order valence-corrected chi connectivity index (χ1v) is 11.3. The van der Waals surface area contributed by atoms with Gasteiger partial charge in [-0.15, -0.1) is 0 Å². The van der Waals surface area contributed by atoms with Gasteiger partial charge in [0.15, 0.2) is 17.2 Å². The third-order valence-electron chi connectivity index (χ3n) is 4.98. The van der Waals surface area contributed by atoms with E-state index in [1.54, 1.807) is 54.6 Å². The van der Waals surface area contributed by atoms with Gasteiger partial charge >= 0.3 is 11.9 Å². The van der Waals surface area contributed by atoms with Crippen molar-refractivity contribution < 1.29 is 23.8 Å². The number of aryl methyl sites for hydroxylation is 1. The summed E-state index contributed by atoms with van der Waals surface area (Å²) >= 11 is 5.88. The van der Waals surface area contributed by atoms with E-state index in [9.17, 15) is 9.59 Å². The van der Waals surface area contributed by atoms with E-state index in [1.165, 1.54) is 6.08 Å². The van der Waals surface area contributed by atoms with Gasteiger partial charge < -0.3 is 14.2 Å². The van der Waals surface area contributed by atoms with Crippen molar-refractivity contribution in [2.45, 2.75) is 13.8 Å². The van der Waals surface area contributed by atoms with E-state index in [1.807, 2.05) is 38.1 Å². The van der Waals surface area contributed by atoms with E-state index in [-0.39, 0.29) is 17.3 Å². The van der Waals surface area contributed by atoms with Crippen molar-refractivity contribution in [3.05, 3.63) is 106 Å². The molecule has 0 saturated carbocycles. The van der Waals surface area contributed by atoms with Gasteiger partial charge in [0.1, 0.15) is 0 Å². The minimum atomic E-state index is -0.557. The molecular formula is C28H22ClNO5. The number of halogens is 1. The van der Waals surface area contributed by atoms with Crippen LogP contribution in [0, 0.1) is 6.92 Å². The Morgan fingerprint density at radius 2 is 1.71 bits per heavy atom. The van der Waals surface area contributed by atoms with E-state index in [0.29, 0.717) is 22.9 Å². The van der Waals surface area contributed by atoms with Crippen molar-refractivity contribution in [2.24, 2.45) is 4.99 Å². The zero-order valence-electron chi connectivity index (χ0n) is 19.2. The molecular weight excluding hydrogens is 466 g/mol. The van der Waals surface area contributed by atoms with Crippen LogP contribution < -0.4 is 9.47 Å². The van der Waals surface area contributed by atoms with Crippen LogP contribution in [-0.2, 0) is 14.3 Å². The lowest BCUT2D eigenvalue weighted by atomic mass is 10.1. The number of nitrogens with zero attached hydrogens (tertiary/aromatic N) is 1. The van der Waals surface area contributed by atoms with Gasteiger partial charge in [-0.25, -0.2) is 14.6 Å². The molecule has 176 valence electrons. The fourth-order valence-corrected chi connectivity index (χ4v) is 3.36. The minimum absolute atomic E-state index is 0.165. The molecule has 0 amide bonds. The van der Waals surface area contributed by atoms with Crippen molar-refractivity contribution in [1.82, 2.24) is 0 Å². The van der Waals surface area contributed by atoms with Crippen molar-refractivity contribution in [3.8, 4) is 11.5 Å². The molecule has 3 aromatic rings. The first-order chi connectivity index (χ1) is 16.9. The molecule has 0 N–H and O–H groups in total. The molecule has 0 fully saturated rings. The number of aliphatic imine (C=N–C) groups is 1. The smallest absolute Gasteiger partial charge is 0.363 e. The summed E-state index contributed by atoms with van der Waals surface area (Å²) in [6.45, 7) is 4.16. The van der Waals surface area contributed by atoms with Crippen LogP contribution in [-0.4, -0.2) is 24.4 Å². The highest BCUT2D eigenvalue weighted by Gasteiger charge is 2.24. The Labute approximate surface area is 208 Å². The second kappa shape index (κ2) is 10.8. The molecule has 1 aliphatic rings. The van der Waals surface area contributed by atoms with E-state index in [2.05, 4.69) is 4.99 Å². The summed E-state index contributed by atoms with van der Waals surface area (Å²) in [4.78, 5) is 29.0. The van der Waals surface area contributed by atoms with Crippen LogP contribution in [0.5, 0.6) is 11.5 Å². The second-order valence-electron chi connectivity index (χ2n) is 7.65. The van der Waals surface area contributed by atoms with Crippen LogP contribution in [0.25, 0.3) is 12.2 Å². The minimum Gasteiger partial charge on any atom is -0.490 e. The topological polar surface area (TPSA) is 74.2 Å². The normalized spacial score (nSPS) is 14.2. The highest BCUT2D eigenvalue weighted by Crippen LogP contribution is 2.30. The number of rotatable bonds is 7. The molecule has 0 spiro atoms. The Kier molecular flexibility index (Phi) is 7.43. The van der Waals surface area contributed by atoms with Gasteiger partial charge in [-0.2, -0.15) is 0 Å². The predicted octanol–water partition coefficient (Wildman–Crippen LogP) is 6.01. The maximum absolute atomic E-state index is 12.3. The molecule has 0 radical (unpaired) electrons. The van der Waals surface area contributed by atoms with Gasteiger partial charge in [0, 0.05) is 16.7 Å². The van der Waals surface area contributed by atoms with Gasteiger partial charge in [-0.1, -0.05) is 47.5 Å². The van der Waals surface area contributed by atoms with Crippen molar-refractivity contribution in [2.75, 3.05) is 6.61 Å². The molecule has 35 heavy (non-hydrogen) atoms. The summed E-state index contributed by atoms with van der Waals surface area (Å²) in [6, 6.07) is 19.6. The zero-order valence-corrected chi connectivity index (χ0v) is 19.9. The first kappa shape index (κ1) is 24.0. The Hall–Kier alpha value is -4.16. The summed E-state index contributed by atoms with van der Waals surface area (Å²) < 4.78 is 16.4. The Morgan fingerprint density at radius 1 is 1.00 bits per heavy atom. The highest BCUT2D eigenvalue weighted by atomic mass is 35.5. The molecule has 0 aliphatic carbocycles. The molecule has 0 bridgehead atoms. The second-order valence-corrected chi connectivity index (χ2v) is 8.08. The zero-order chi connectivity index (χ0) is 24.8. The lowest BCUT2D eigenvalue weighted by Crippen LogP contribution is -2.06. The van der Waals surface area contributed by atoms with Crippen LogP contribution in [0.15, 0.2) is 83.5 Å². The van der Waals surface area contributed by atoms with E-state index < -0.39 is 11.9 Å². The summed E-state index contributed by atoms with van der Waals surface area (Å²) in [5.74, 6) is -0.216. The van der Waals surface area contributed by atoms with E-state index >= 15 is 0 Å². The summed E-state index contributed by atoms with van der Waals surface area (Å²) in [7, 11) is 0. The van der Waals surface area contributed by atoms with Gasteiger partial charge in [-0.3, -0.25) is 0 Å². The predicted molar refractivity (Wildman–Crippen MR) is 136 cm³/mol. The standard InChI is InChI=1S/C28H22ClNO5/c1-3-33-25-17-20(16-23-28(32)35-27(30-23)21-10-4-18(2)5-11-21)8-14-24(25)34-26(31)15-9-19-6-12-22(29)13-7-19/h4-17H,3H2,1-2H3/b15-9+,23-16-. The average Bonchev–Trinajstić information content (AvgIpc) is 3.21. The Bertz CT molecular complexity index is 1340. The average molecular weight is 488 g/mol. The molecule has 7 heteroatoms. The largest absolute Gasteiger partial charge is 0.490 e. The maximum atomic E-state index is 12.3. The molecule has 0 saturated heterocycles. The number of benzene rings is 3. The molecule has 3 aromatic carbocycles. The van der Waals surface area contributed by atoms with Crippen LogP contribution >= 0.6 is 11.6 Å². The Balaban J connectivity index is 1.52. The van der Waals surface area contributed by atoms with Crippen molar-refractivity contribution >= 4 is 41.6 Å². The number of carbonyl (C=O) groups excluding carboxylic acids is 2. The van der Waals surface area contributed by atoms with Crippen LogP contribution in [0.3, 0.4) is 0 Å². The van der Waals surface area contributed by atoms with Gasteiger partial charge in [0.25, 0.3) is 0 Å². The van der Waals surface area contributed by atoms with Crippen LogP contribution in [0.2, 0.25) is 5.02 Å². The third kappa shape index (κ3) is 6.25. The molecule has 1 aliphatic heterocycles. The summed E-state index contributed by atoms with van der Waals surface area (Å²) in [5, 5.41) is 0.615. The fraction of sp³-hybridized carbons (Fsp3) is 0.107. The lowest BCUT2D eigenvalue weighted by Gasteiger charge is -2.10. The lowest BCUT2D eigenvalue weighted by molar-refractivity contribution is -0.130. The quantitative estimate of drug-likeness (QED) is 0.232. The van der Waals surface area contributed by atoms with Crippen LogP contribution in [0.4, 0.5) is 0 Å². The molecule has 0 aromatic heterocycles. The van der Waals surface area contributed by atoms with Crippen molar-refractivity contribution in [1.29, 1.82) is 0 Å². The summed E-state index contributed by atoms with van der Waals surface area (Å²) in [5.41, 5.74) is 3.44. The number of ether oxygens (including phenoxy) is 3. The van der Waals surface area contributed by atoms with E-state index in [4.69, 9.17) is 25.8 Å². The summed E-state index contributed by atoms with van der Waals surface area (Å²) in [6.07, 6.45) is 4.55. The van der Waals surface area contributed by atoms with Gasteiger partial charge in [0.05, 0.1) is 6.61 Å². The number of esters is 2. The fourth-order valence-electron chi connectivity index (χ4n) is 3.23. The first-order valence-electron chi connectivity index (χ1n) is 10.9. The maximum Gasteiger partial charge on any atom is 0.363 e. The number of carbonyl (C=O) groups is 2. The molecule has 0 atom stereocenters. The highest BCUT2D eigenvalue weighted by molar-refractivity contribution is 6.30.